The van der Waals surface area contributed by atoms with Crippen LogP contribution < -0.4 is 11.4 Å². The molecule has 2 rings (SSSR count). The van der Waals surface area contributed by atoms with Gasteiger partial charge in [-0.15, -0.1) is 0 Å². The number of hydrogen-bond acceptors (Lipinski definition) is 2. The molecule has 0 bridgehead atoms. The van der Waals surface area contributed by atoms with Crippen molar-refractivity contribution in [1.82, 2.24) is 9.13 Å². The third kappa shape index (κ3) is 1.92. The number of aryl methyl sites for hydroxylation is 1. The predicted octanol–water partition coefficient (Wildman–Crippen LogP) is 0.694. The number of nitrogens with zero attached hydrogens (tertiary/aromatic N) is 2. The summed E-state index contributed by atoms with van der Waals surface area (Å²) in [5.74, 6) is 0. The predicted molar refractivity (Wildman–Crippen MR) is 63.1 cm³/mol. The largest absolute Gasteiger partial charge is 0.328 e. The molecule has 4 heteroatoms. The molecule has 1 heterocycles. The molecule has 4 nitrogen and oxygen atoms in total. The van der Waals surface area contributed by atoms with E-state index in [9.17, 15) is 4.79 Å². The molecule has 0 saturated carbocycles. The Bertz CT molecular complexity index is 539. The Morgan fingerprint density at radius 2 is 1.88 bits per heavy atom. The van der Waals surface area contributed by atoms with Gasteiger partial charge in [0.25, 0.3) is 0 Å². The van der Waals surface area contributed by atoms with Gasteiger partial charge in [0.2, 0.25) is 0 Å². The third-order valence-electron chi connectivity index (χ3n) is 2.70. The van der Waals surface area contributed by atoms with Crippen molar-refractivity contribution in [2.75, 3.05) is 0 Å². The van der Waals surface area contributed by atoms with Crippen LogP contribution in [0.1, 0.15) is 11.1 Å². The summed E-state index contributed by atoms with van der Waals surface area (Å²) in [6.07, 6.45) is 3.54. The van der Waals surface area contributed by atoms with Crippen LogP contribution in [0.5, 0.6) is 0 Å². The first-order valence-electron chi connectivity index (χ1n) is 5.21. The maximum atomic E-state index is 11.7. The van der Waals surface area contributed by atoms with Gasteiger partial charge in [-0.2, -0.15) is 0 Å². The molecule has 84 valence electrons. The standard InChI is InChI=1S/C12H15N3O/c1-14-6-7-15(12(14)16)9-11-5-3-2-4-10(11)8-13/h2-7H,8-9,13H2,1H3. The van der Waals surface area contributed by atoms with Gasteiger partial charge in [0, 0.05) is 26.0 Å². The van der Waals surface area contributed by atoms with Crippen LogP contribution in [0, 0.1) is 0 Å². The lowest BCUT2D eigenvalue weighted by Gasteiger charge is -2.07. The van der Waals surface area contributed by atoms with Gasteiger partial charge in [0.05, 0.1) is 6.54 Å². The van der Waals surface area contributed by atoms with Crippen LogP contribution in [0.2, 0.25) is 0 Å². The van der Waals surface area contributed by atoms with Gasteiger partial charge in [0.15, 0.2) is 0 Å². The van der Waals surface area contributed by atoms with Crippen molar-refractivity contribution in [3.8, 4) is 0 Å². The number of imidazole rings is 1. The minimum Gasteiger partial charge on any atom is -0.326 e. The monoisotopic (exact) mass is 217 g/mol. The molecule has 0 aliphatic rings. The molecule has 0 spiro atoms. The second-order valence-corrected chi connectivity index (χ2v) is 3.79. The fourth-order valence-electron chi connectivity index (χ4n) is 1.73. The number of nitrogens with two attached hydrogens (primary N) is 1. The Morgan fingerprint density at radius 1 is 1.19 bits per heavy atom. The van der Waals surface area contributed by atoms with Gasteiger partial charge < -0.3 is 10.3 Å². The van der Waals surface area contributed by atoms with Crippen molar-refractivity contribution >= 4 is 0 Å². The second kappa shape index (κ2) is 4.37. The van der Waals surface area contributed by atoms with Gasteiger partial charge in [-0.05, 0) is 11.1 Å². The van der Waals surface area contributed by atoms with E-state index < -0.39 is 0 Å². The fraction of sp³-hybridized carbons (Fsp3) is 0.250. The smallest absolute Gasteiger partial charge is 0.326 e. The zero-order valence-corrected chi connectivity index (χ0v) is 9.26. The molecule has 0 saturated heterocycles. The van der Waals surface area contributed by atoms with Crippen LogP contribution in [0.4, 0.5) is 0 Å². The van der Waals surface area contributed by atoms with Crippen LogP contribution in [-0.2, 0) is 20.1 Å². The summed E-state index contributed by atoms with van der Waals surface area (Å²) in [4.78, 5) is 11.7. The number of hydrogen-bond donors (Lipinski definition) is 1. The molecule has 0 unspecified atom stereocenters. The van der Waals surface area contributed by atoms with Crippen molar-refractivity contribution < 1.29 is 0 Å². The van der Waals surface area contributed by atoms with Crippen molar-refractivity contribution in [2.24, 2.45) is 12.8 Å². The molecular weight excluding hydrogens is 202 g/mol. The molecule has 2 N–H and O–H groups in total. The molecule has 0 aliphatic heterocycles. The van der Waals surface area contributed by atoms with E-state index in [0.717, 1.165) is 11.1 Å². The lowest BCUT2D eigenvalue weighted by molar-refractivity contribution is 0.712. The first kappa shape index (κ1) is 10.7. The number of aromatic nitrogens is 2. The van der Waals surface area contributed by atoms with Gasteiger partial charge in [-0.1, -0.05) is 24.3 Å². The maximum Gasteiger partial charge on any atom is 0.328 e. The molecule has 1 aromatic carbocycles. The fourth-order valence-corrected chi connectivity index (χ4v) is 1.73. The van der Waals surface area contributed by atoms with E-state index in [1.807, 2.05) is 24.3 Å². The van der Waals surface area contributed by atoms with Gasteiger partial charge in [-0.25, -0.2) is 4.79 Å². The van der Waals surface area contributed by atoms with E-state index in [1.54, 1.807) is 28.6 Å². The van der Waals surface area contributed by atoms with Crippen molar-refractivity contribution in [3.63, 3.8) is 0 Å². The van der Waals surface area contributed by atoms with E-state index >= 15 is 0 Å². The van der Waals surface area contributed by atoms with Crippen LogP contribution in [-0.4, -0.2) is 9.13 Å². The van der Waals surface area contributed by atoms with Crippen LogP contribution in [0.15, 0.2) is 41.5 Å². The van der Waals surface area contributed by atoms with E-state index in [2.05, 4.69) is 0 Å². The van der Waals surface area contributed by atoms with E-state index in [-0.39, 0.29) is 5.69 Å². The summed E-state index contributed by atoms with van der Waals surface area (Å²) in [6.45, 7) is 1.07. The SMILES string of the molecule is Cn1ccn(Cc2ccccc2CN)c1=O. The molecule has 1 aromatic heterocycles. The minimum absolute atomic E-state index is 0.00757. The van der Waals surface area contributed by atoms with E-state index in [1.165, 1.54) is 0 Å². The Hall–Kier alpha value is -1.81. The normalized spacial score (nSPS) is 10.6. The summed E-state index contributed by atoms with van der Waals surface area (Å²) < 4.78 is 3.24. The molecule has 0 radical (unpaired) electrons. The van der Waals surface area contributed by atoms with Gasteiger partial charge >= 0.3 is 5.69 Å². The summed E-state index contributed by atoms with van der Waals surface area (Å²) in [6, 6.07) is 7.91. The minimum atomic E-state index is -0.00757. The molecule has 0 amide bonds. The highest BCUT2D eigenvalue weighted by Gasteiger charge is 2.04. The summed E-state index contributed by atoms with van der Waals surface area (Å²) in [5, 5.41) is 0. The Morgan fingerprint density at radius 3 is 2.44 bits per heavy atom. The van der Waals surface area contributed by atoms with Crippen molar-refractivity contribution in [1.29, 1.82) is 0 Å². The summed E-state index contributed by atoms with van der Waals surface area (Å²) in [5.41, 5.74) is 7.82. The third-order valence-corrected chi connectivity index (χ3v) is 2.70. The highest BCUT2D eigenvalue weighted by atomic mass is 16.1. The lowest BCUT2D eigenvalue weighted by Crippen LogP contribution is -2.22. The van der Waals surface area contributed by atoms with Crippen LogP contribution in [0.25, 0.3) is 0 Å². The van der Waals surface area contributed by atoms with Crippen molar-refractivity contribution in [3.05, 3.63) is 58.3 Å². The quantitative estimate of drug-likeness (QED) is 0.822. The van der Waals surface area contributed by atoms with Crippen LogP contribution in [0.3, 0.4) is 0 Å². The molecular formula is C12H15N3O. The zero-order chi connectivity index (χ0) is 11.5. The average molecular weight is 217 g/mol. The number of rotatable bonds is 3. The topological polar surface area (TPSA) is 52.9 Å². The Labute approximate surface area is 93.9 Å². The van der Waals surface area contributed by atoms with Crippen molar-refractivity contribution in [2.45, 2.75) is 13.1 Å². The van der Waals surface area contributed by atoms with E-state index in [0.29, 0.717) is 13.1 Å². The maximum absolute atomic E-state index is 11.7. The summed E-state index contributed by atoms with van der Waals surface area (Å²) in [7, 11) is 1.74. The molecule has 0 fully saturated rings. The Kier molecular flexibility index (Phi) is 2.92. The highest BCUT2D eigenvalue weighted by Crippen LogP contribution is 2.08. The second-order valence-electron chi connectivity index (χ2n) is 3.79. The number of benzene rings is 1. The first-order chi connectivity index (χ1) is 7.72. The van der Waals surface area contributed by atoms with Gasteiger partial charge in [-0.3, -0.25) is 4.57 Å². The molecule has 0 atom stereocenters. The average Bonchev–Trinajstić information content (AvgIpc) is 2.62. The molecule has 0 aliphatic carbocycles. The zero-order valence-electron chi connectivity index (χ0n) is 9.26. The van der Waals surface area contributed by atoms with E-state index in [4.69, 9.17) is 5.73 Å². The highest BCUT2D eigenvalue weighted by molar-refractivity contribution is 5.27. The molecule has 16 heavy (non-hydrogen) atoms. The van der Waals surface area contributed by atoms with Crippen LogP contribution >= 0.6 is 0 Å². The summed E-state index contributed by atoms with van der Waals surface area (Å²) >= 11 is 0. The lowest BCUT2D eigenvalue weighted by atomic mass is 10.1. The van der Waals surface area contributed by atoms with Gasteiger partial charge in [0.1, 0.15) is 0 Å². The Balaban J connectivity index is 2.34. The first-order valence-corrected chi connectivity index (χ1v) is 5.21. The molecule has 2 aromatic rings.